The predicted octanol–water partition coefficient (Wildman–Crippen LogP) is 8.17. The predicted molar refractivity (Wildman–Crippen MR) is 196 cm³/mol. The fourth-order valence-electron chi connectivity index (χ4n) is 6.67. The Morgan fingerprint density at radius 1 is 0.714 bits per heavy atom. The summed E-state index contributed by atoms with van der Waals surface area (Å²) in [6.45, 7) is 4.33. The number of ether oxygens (including phenoxy) is 2. The van der Waals surface area contributed by atoms with E-state index in [2.05, 4.69) is 19.2 Å². The summed E-state index contributed by atoms with van der Waals surface area (Å²) in [5, 5.41) is 34.4. The molecule has 0 saturated carbocycles. The maximum Gasteiger partial charge on any atom is 0.407 e. The molecule has 0 bridgehead atoms. The highest BCUT2D eigenvalue weighted by molar-refractivity contribution is 5.76. The first kappa shape index (κ1) is 43.0. The molecule has 1 aromatic carbocycles. The van der Waals surface area contributed by atoms with Crippen molar-refractivity contribution in [2.45, 2.75) is 192 Å². The molecule has 0 spiro atoms. The lowest BCUT2D eigenvalue weighted by Gasteiger charge is -2.46. The van der Waals surface area contributed by atoms with E-state index in [0.717, 1.165) is 56.9 Å². The van der Waals surface area contributed by atoms with Gasteiger partial charge in [0.1, 0.15) is 31.0 Å². The molecule has 2 rings (SSSR count). The van der Waals surface area contributed by atoms with E-state index < -0.39 is 43.3 Å². The standard InChI is InChI=1S/C40H70N2O7/c1-3-5-7-9-11-12-13-14-15-16-17-18-19-20-25-29-35(44)42(30-26-21-10-8-6-4-2)39-36(38(46)37(45)34(31-43)49-39)41-40(47)48-32-33-27-23-22-24-28-33/h22-24,27-28,34,36-39,43,45-46H,3-21,25-26,29-32H2,1-2H3,(H,41,47)/t34-,36-,37-,38-,39-/m1/s1. The third kappa shape index (κ3) is 18.0. The number of unbranched alkanes of at least 4 members (excludes halogenated alkanes) is 19. The highest BCUT2D eigenvalue weighted by Crippen LogP contribution is 2.26. The van der Waals surface area contributed by atoms with Crippen molar-refractivity contribution in [3.8, 4) is 0 Å². The summed E-state index contributed by atoms with van der Waals surface area (Å²) in [6, 6.07) is 8.11. The van der Waals surface area contributed by atoms with Gasteiger partial charge in [-0.15, -0.1) is 0 Å². The SMILES string of the molecule is CCCCCCCCCCCCCCCCCC(=O)N(CCCCCCCC)[C@@H]1O[C@H](CO)[C@@H](O)[C@H](O)[C@H]1NC(=O)OCc1ccccc1. The Labute approximate surface area is 297 Å². The number of hydrogen-bond donors (Lipinski definition) is 4. The number of carbonyl (C=O) groups is 2. The van der Waals surface area contributed by atoms with Gasteiger partial charge in [-0.05, 0) is 18.4 Å². The van der Waals surface area contributed by atoms with Gasteiger partial charge in [0.25, 0.3) is 0 Å². The molecule has 1 aliphatic heterocycles. The largest absolute Gasteiger partial charge is 0.445 e. The van der Waals surface area contributed by atoms with Crippen LogP contribution in [0.3, 0.4) is 0 Å². The number of amides is 2. The number of benzene rings is 1. The minimum Gasteiger partial charge on any atom is -0.445 e. The van der Waals surface area contributed by atoms with Gasteiger partial charge >= 0.3 is 6.09 Å². The third-order valence-electron chi connectivity index (χ3n) is 9.77. The van der Waals surface area contributed by atoms with Crippen LogP contribution in [0.2, 0.25) is 0 Å². The monoisotopic (exact) mass is 691 g/mol. The second-order valence-electron chi connectivity index (χ2n) is 14.0. The summed E-state index contributed by atoms with van der Waals surface area (Å²) in [5.41, 5.74) is 0.804. The summed E-state index contributed by atoms with van der Waals surface area (Å²) in [7, 11) is 0. The number of hydrogen-bond acceptors (Lipinski definition) is 7. The maximum absolute atomic E-state index is 13.8. The van der Waals surface area contributed by atoms with Gasteiger partial charge in [0.05, 0.1) is 6.61 Å². The molecule has 282 valence electrons. The molecular formula is C40H70N2O7. The number of carbonyl (C=O) groups excluding carboxylic acids is 2. The molecule has 1 aromatic rings. The summed E-state index contributed by atoms with van der Waals surface area (Å²) in [5.74, 6) is -0.113. The number of rotatable bonds is 28. The van der Waals surface area contributed by atoms with Crippen LogP contribution in [0.25, 0.3) is 0 Å². The minimum atomic E-state index is -1.47. The van der Waals surface area contributed by atoms with Gasteiger partial charge < -0.3 is 35.0 Å². The van der Waals surface area contributed by atoms with Crippen molar-refractivity contribution in [3.05, 3.63) is 35.9 Å². The molecule has 1 fully saturated rings. The van der Waals surface area contributed by atoms with Crippen molar-refractivity contribution in [1.82, 2.24) is 10.2 Å². The second kappa shape index (κ2) is 27.5. The zero-order valence-electron chi connectivity index (χ0n) is 30.9. The van der Waals surface area contributed by atoms with E-state index in [4.69, 9.17) is 9.47 Å². The lowest BCUT2D eigenvalue weighted by Crippen LogP contribution is -2.68. The minimum absolute atomic E-state index is 0.0302. The van der Waals surface area contributed by atoms with E-state index in [0.29, 0.717) is 13.0 Å². The highest BCUT2D eigenvalue weighted by Gasteiger charge is 2.48. The van der Waals surface area contributed by atoms with Gasteiger partial charge in [0.15, 0.2) is 6.23 Å². The number of aliphatic hydroxyl groups excluding tert-OH is 3. The Kier molecular flexibility index (Phi) is 24.1. The van der Waals surface area contributed by atoms with Crippen molar-refractivity contribution in [1.29, 1.82) is 0 Å². The lowest BCUT2D eigenvalue weighted by molar-refractivity contribution is -0.230. The molecule has 4 N–H and O–H groups in total. The second-order valence-corrected chi connectivity index (χ2v) is 14.0. The summed E-state index contributed by atoms with van der Waals surface area (Å²) >= 11 is 0. The molecule has 2 amide bonds. The first-order valence-electron chi connectivity index (χ1n) is 19.8. The van der Waals surface area contributed by atoms with Gasteiger partial charge in [-0.25, -0.2) is 4.79 Å². The molecule has 49 heavy (non-hydrogen) atoms. The fraction of sp³-hybridized carbons (Fsp3) is 0.800. The fourth-order valence-corrected chi connectivity index (χ4v) is 6.67. The zero-order valence-corrected chi connectivity index (χ0v) is 30.9. The van der Waals surface area contributed by atoms with Crippen LogP contribution in [0.4, 0.5) is 4.79 Å². The molecule has 1 saturated heterocycles. The van der Waals surface area contributed by atoms with Crippen molar-refractivity contribution < 1.29 is 34.4 Å². The van der Waals surface area contributed by atoms with Crippen molar-refractivity contribution in [3.63, 3.8) is 0 Å². The normalized spacial score (nSPS) is 20.6. The Bertz CT molecular complexity index is 965. The van der Waals surface area contributed by atoms with Gasteiger partial charge in [-0.2, -0.15) is 0 Å². The van der Waals surface area contributed by atoms with Gasteiger partial charge in [0, 0.05) is 13.0 Å². The number of nitrogens with one attached hydrogen (secondary N) is 1. The van der Waals surface area contributed by atoms with Crippen LogP contribution < -0.4 is 5.32 Å². The zero-order chi connectivity index (χ0) is 35.5. The molecule has 0 aromatic heterocycles. The first-order chi connectivity index (χ1) is 23.9. The molecule has 0 aliphatic carbocycles. The third-order valence-corrected chi connectivity index (χ3v) is 9.77. The van der Waals surface area contributed by atoms with Crippen LogP contribution in [-0.4, -0.2) is 76.0 Å². The van der Waals surface area contributed by atoms with Crippen LogP contribution in [0.5, 0.6) is 0 Å². The Morgan fingerprint density at radius 2 is 1.20 bits per heavy atom. The van der Waals surface area contributed by atoms with Gasteiger partial charge in [-0.3, -0.25) is 4.79 Å². The van der Waals surface area contributed by atoms with E-state index in [1.165, 1.54) is 83.5 Å². The Hall–Kier alpha value is -2.20. The molecule has 9 heteroatoms. The van der Waals surface area contributed by atoms with Crippen molar-refractivity contribution >= 4 is 12.0 Å². The molecule has 9 nitrogen and oxygen atoms in total. The smallest absolute Gasteiger partial charge is 0.407 e. The van der Waals surface area contributed by atoms with E-state index in [9.17, 15) is 24.9 Å². The van der Waals surface area contributed by atoms with E-state index in [1.807, 2.05) is 30.3 Å². The van der Waals surface area contributed by atoms with Gasteiger partial charge in [0.2, 0.25) is 5.91 Å². The number of aliphatic hydroxyl groups is 3. The van der Waals surface area contributed by atoms with Crippen molar-refractivity contribution in [2.75, 3.05) is 13.2 Å². The quantitative estimate of drug-likeness (QED) is 0.0653. The van der Waals surface area contributed by atoms with Crippen LogP contribution in [0.1, 0.15) is 161 Å². The molecule has 0 unspecified atom stereocenters. The molecule has 1 heterocycles. The maximum atomic E-state index is 13.8. The van der Waals surface area contributed by atoms with Crippen LogP contribution in [0.15, 0.2) is 30.3 Å². The first-order valence-corrected chi connectivity index (χ1v) is 19.8. The average molecular weight is 691 g/mol. The summed E-state index contributed by atoms with van der Waals surface area (Å²) in [6.07, 6.45) is 19.4. The van der Waals surface area contributed by atoms with Crippen LogP contribution in [0, 0.1) is 0 Å². The average Bonchev–Trinajstić information content (AvgIpc) is 3.11. The van der Waals surface area contributed by atoms with E-state index in [1.54, 1.807) is 4.90 Å². The lowest BCUT2D eigenvalue weighted by atomic mass is 9.95. The van der Waals surface area contributed by atoms with Crippen LogP contribution >= 0.6 is 0 Å². The summed E-state index contributed by atoms with van der Waals surface area (Å²) in [4.78, 5) is 28.2. The topological polar surface area (TPSA) is 129 Å². The van der Waals surface area contributed by atoms with E-state index >= 15 is 0 Å². The number of alkyl carbamates (subject to hydrolysis) is 1. The molecule has 0 radical (unpaired) electrons. The number of nitrogens with zero attached hydrogens (tertiary/aromatic N) is 1. The van der Waals surface area contributed by atoms with E-state index in [-0.39, 0.29) is 12.5 Å². The highest BCUT2D eigenvalue weighted by atomic mass is 16.6. The van der Waals surface area contributed by atoms with Gasteiger partial charge in [-0.1, -0.05) is 166 Å². The summed E-state index contributed by atoms with van der Waals surface area (Å²) < 4.78 is 11.5. The molecule has 1 aliphatic rings. The molecular weight excluding hydrogens is 620 g/mol. The Morgan fingerprint density at radius 3 is 1.71 bits per heavy atom. The van der Waals surface area contributed by atoms with Crippen LogP contribution in [-0.2, 0) is 20.9 Å². The Balaban J connectivity index is 1.89. The van der Waals surface area contributed by atoms with Crippen molar-refractivity contribution in [2.24, 2.45) is 0 Å². The molecule has 5 atom stereocenters.